The number of carbonyl (C=O) groups excluding carboxylic acids is 2. The van der Waals surface area contributed by atoms with Gasteiger partial charge >= 0.3 is 0 Å². The van der Waals surface area contributed by atoms with Crippen LogP contribution in [0.25, 0.3) is 0 Å². The summed E-state index contributed by atoms with van der Waals surface area (Å²) in [7, 11) is 0. The van der Waals surface area contributed by atoms with E-state index in [4.69, 9.17) is 0 Å². The molecule has 23 heavy (non-hydrogen) atoms. The van der Waals surface area contributed by atoms with Crippen molar-refractivity contribution in [1.29, 1.82) is 0 Å². The zero-order valence-corrected chi connectivity index (χ0v) is 15.7. The Labute approximate surface area is 143 Å². The summed E-state index contributed by atoms with van der Waals surface area (Å²) in [6.07, 6.45) is 8.87. The molecule has 0 spiro atoms. The van der Waals surface area contributed by atoms with Gasteiger partial charge in [-0.1, -0.05) is 47.0 Å². The monoisotopic (exact) mass is 326 g/mol. The quantitative estimate of drug-likeness (QED) is 0.473. The first-order valence-electron chi connectivity index (χ1n) is 9.45. The summed E-state index contributed by atoms with van der Waals surface area (Å²) >= 11 is 0. The van der Waals surface area contributed by atoms with Gasteiger partial charge in [-0.05, 0) is 37.5 Å². The van der Waals surface area contributed by atoms with E-state index in [-0.39, 0.29) is 11.8 Å². The van der Waals surface area contributed by atoms with Gasteiger partial charge in [-0.3, -0.25) is 9.59 Å². The lowest BCUT2D eigenvalue weighted by Crippen LogP contribution is -2.25. The Morgan fingerprint density at radius 1 is 0.696 bits per heavy atom. The lowest BCUT2D eigenvalue weighted by molar-refractivity contribution is -0.122. The highest BCUT2D eigenvalue weighted by molar-refractivity contribution is 5.76. The fourth-order valence-corrected chi connectivity index (χ4v) is 2.44. The molecule has 0 unspecified atom stereocenters. The zero-order valence-electron chi connectivity index (χ0n) is 15.7. The summed E-state index contributed by atoms with van der Waals surface area (Å²) < 4.78 is 0. The van der Waals surface area contributed by atoms with Gasteiger partial charge < -0.3 is 10.6 Å². The maximum Gasteiger partial charge on any atom is 0.220 e. The van der Waals surface area contributed by atoms with Crippen LogP contribution in [0.2, 0.25) is 0 Å². The van der Waals surface area contributed by atoms with Crippen molar-refractivity contribution in [3.63, 3.8) is 0 Å². The molecule has 136 valence electrons. The number of carbonyl (C=O) groups is 2. The molecule has 4 nitrogen and oxygen atoms in total. The van der Waals surface area contributed by atoms with Crippen molar-refractivity contribution >= 4 is 11.8 Å². The van der Waals surface area contributed by atoms with E-state index in [1.807, 2.05) is 0 Å². The minimum Gasteiger partial charge on any atom is -0.356 e. The molecule has 0 heterocycles. The molecule has 0 aliphatic carbocycles. The topological polar surface area (TPSA) is 58.2 Å². The summed E-state index contributed by atoms with van der Waals surface area (Å²) in [6, 6.07) is 0. The van der Waals surface area contributed by atoms with E-state index in [0.717, 1.165) is 51.6 Å². The fraction of sp³-hybridized carbons (Fsp3) is 0.895. The van der Waals surface area contributed by atoms with Crippen LogP contribution < -0.4 is 10.6 Å². The third-order valence-corrected chi connectivity index (χ3v) is 3.78. The van der Waals surface area contributed by atoms with Crippen molar-refractivity contribution in [3.8, 4) is 0 Å². The number of hydrogen-bond donors (Lipinski definition) is 2. The number of rotatable bonds is 14. The summed E-state index contributed by atoms with van der Waals surface area (Å²) in [5.41, 5.74) is 0. The highest BCUT2D eigenvalue weighted by Gasteiger charge is 2.03. The van der Waals surface area contributed by atoms with Crippen molar-refractivity contribution in [2.45, 2.75) is 85.5 Å². The third-order valence-electron chi connectivity index (χ3n) is 3.78. The number of amides is 2. The highest BCUT2D eigenvalue weighted by Crippen LogP contribution is 2.06. The predicted octanol–water partition coefficient (Wildman–Crippen LogP) is 4.04. The first-order valence-corrected chi connectivity index (χ1v) is 9.45. The largest absolute Gasteiger partial charge is 0.356 e. The average Bonchev–Trinajstić information content (AvgIpc) is 2.45. The number of unbranched alkanes of at least 4 members (excludes halogenated alkanes) is 4. The van der Waals surface area contributed by atoms with E-state index in [9.17, 15) is 9.59 Å². The fourth-order valence-electron chi connectivity index (χ4n) is 2.44. The van der Waals surface area contributed by atoms with Crippen molar-refractivity contribution in [2.24, 2.45) is 11.8 Å². The van der Waals surface area contributed by atoms with Crippen molar-refractivity contribution < 1.29 is 9.59 Å². The summed E-state index contributed by atoms with van der Waals surface area (Å²) in [6.45, 7) is 10.1. The SMILES string of the molecule is CC(C)CCCNC(=O)CCCCCCCNC(=O)CC(C)C. The van der Waals surface area contributed by atoms with Crippen LogP contribution >= 0.6 is 0 Å². The first kappa shape index (κ1) is 21.9. The van der Waals surface area contributed by atoms with Crippen LogP contribution in [0.4, 0.5) is 0 Å². The molecule has 0 bridgehead atoms. The maximum absolute atomic E-state index is 11.6. The predicted molar refractivity (Wildman–Crippen MR) is 97.2 cm³/mol. The maximum atomic E-state index is 11.6. The molecule has 0 aliphatic rings. The van der Waals surface area contributed by atoms with Gasteiger partial charge in [-0.25, -0.2) is 0 Å². The molecule has 0 aromatic heterocycles. The van der Waals surface area contributed by atoms with Crippen LogP contribution in [0.15, 0.2) is 0 Å². The minimum atomic E-state index is 0.161. The molecule has 0 radical (unpaired) electrons. The van der Waals surface area contributed by atoms with Gasteiger partial charge in [0.2, 0.25) is 11.8 Å². The molecule has 4 heteroatoms. The molecular weight excluding hydrogens is 288 g/mol. The summed E-state index contributed by atoms with van der Waals surface area (Å²) in [5.74, 6) is 1.48. The lowest BCUT2D eigenvalue weighted by Gasteiger charge is -2.07. The van der Waals surface area contributed by atoms with Crippen LogP contribution in [-0.2, 0) is 9.59 Å². The van der Waals surface area contributed by atoms with Crippen LogP contribution in [0, 0.1) is 11.8 Å². The van der Waals surface area contributed by atoms with Crippen molar-refractivity contribution in [3.05, 3.63) is 0 Å². The molecule has 0 atom stereocenters. The highest BCUT2D eigenvalue weighted by atomic mass is 16.2. The van der Waals surface area contributed by atoms with Gasteiger partial charge in [0.05, 0.1) is 0 Å². The first-order chi connectivity index (χ1) is 10.9. The summed E-state index contributed by atoms with van der Waals surface area (Å²) in [4.78, 5) is 23.1. The van der Waals surface area contributed by atoms with Gasteiger partial charge in [0.15, 0.2) is 0 Å². The van der Waals surface area contributed by atoms with Gasteiger partial charge in [-0.15, -0.1) is 0 Å². The number of nitrogens with one attached hydrogen (secondary N) is 2. The Hall–Kier alpha value is -1.06. The van der Waals surface area contributed by atoms with Crippen molar-refractivity contribution in [2.75, 3.05) is 13.1 Å². The second-order valence-electron chi connectivity index (χ2n) is 7.35. The van der Waals surface area contributed by atoms with E-state index < -0.39 is 0 Å². The molecule has 0 saturated carbocycles. The van der Waals surface area contributed by atoms with Crippen LogP contribution in [0.3, 0.4) is 0 Å². The minimum absolute atomic E-state index is 0.161. The second kappa shape index (κ2) is 14.5. The number of hydrogen-bond acceptors (Lipinski definition) is 2. The second-order valence-corrected chi connectivity index (χ2v) is 7.35. The molecule has 0 saturated heterocycles. The lowest BCUT2D eigenvalue weighted by atomic mass is 10.1. The normalized spacial score (nSPS) is 11.0. The van der Waals surface area contributed by atoms with Crippen molar-refractivity contribution in [1.82, 2.24) is 10.6 Å². The zero-order chi connectivity index (χ0) is 17.5. The molecule has 0 aromatic rings. The van der Waals surface area contributed by atoms with Crippen LogP contribution in [0.5, 0.6) is 0 Å². The molecule has 0 fully saturated rings. The smallest absolute Gasteiger partial charge is 0.220 e. The molecule has 0 aliphatic heterocycles. The van der Waals surface area contributed by atoms with E-state index in [1.165, 1.54) is 6.42 Å². The van der Waals surface area contributed by atoms with Crippen LogP contribution in [0.1, 0.15) is 85.5 Å². The molecule has 0 rings (SSSR count). The van der Waals surface area contributed by atoms with Gasteiger partial charge in [0.25, 0.3) is 0 Å². The van der Waals surface area contributed by atoms with Crippen LogP contribution in [-0.4, -0.2) is 24.9 Å². The standard InChI is InChI=1S/C19H38N2O2/c1-16(2)11-10-14-20-18(22)12-8-6-5-7-9-13-21-19(23)15-17(3)4/h16-17H,5-15H2,1-4H3,(H,20,22)(H,21,23). The van der Waals surface area contributed by atoms with E-state index in [1.54, 1.807) is 0 Å². The average molecular weight is 327 g/mol. The van der Waals surface area contributed by atoms with Gasteiger partial charge in [-0.2, -0.15) is 0 Å². The van der Waals surface area contributed by atoms with Gasteiger partial charge in [0.1, 0.15) is 0 Å². The van der Waals surface area contributed by atoms with E-state index >= 15 is 0 Å². The van der Waals surface area contributed by atoms with Gasteiger partial charge in [0, 0.05) is 25.9 Å². The third kappa shape index (κ3) is 17.1. The molecule has 2 N–H and O–H groups in total. The molecular formula is C19H38N2O2. The Bertz CT molecular complexity index is 314. The molecule has 0 aromatic carbocycles. The van der Waals surface area contributed by atoms with E-state index in [0.29, 0.717) is 24.7 Å². The Morgan fingerprint density at radius 3 is 1.91 bits per heavy atom. The molecule has 2 amide bonds. The summed E-state index contributed by atoms with van der Waals surface area (Å²) in [5, 5.41) is 5.95. The Morgan fingerprint density at radius 2 is 1.26 bits per heavy atom. The van der Waals surface area contributed by atoms with E-state index in [2.05, 4.69) is 38.3 Å². The Balaban J connectivity index is 3.29. The Kier molecular flexibility index (Phi) is 13.9.